The molecule has 1 aliphatic heterocycles. The van der Waals surface area contributed by atoms with E-state index in [0.717, 1.165) is 24.1 Å². The molecule has 2 amide bonds. The van der Waals surface area contributed by atoms with E-state index in [2.05, 4.69) is 10.3 Å². The standard InChI is InChI=1S/C29H26Cl2N4O3/c30-22-13-11-20(12-14-22)26-18-35(24-9-4-8-23(31)16-24)29(32-26)33-27(36)19-34(17-25-10-5-15-38-25)28(37)21-6-2-1-3-7-21/h1-4,6-9,11-14,16,18,25H,5,10,15,17,19H2,(H,32,33,36). The largest absolute Gasteiger partial charge is 0.376 e. The summed E-state index contributed by atoms with van der Waals surface area (Å²) in [6.45, 7) is 0.848. The molecule has 4 aromatic rings. The molecule has 194 valence electrons. The van der Waals surface area contributed by atoms with Gasteiger partial charge in [-0.15, -0.1) is 0 Å². The van der Waals surface area contributed by atoms with Crippen molar-refractivity contribution in [3.8, 4) is 16.9 Å². The second-order valence-electron chi connectivity index (χ2n) is 9.04. The Morgan fingerprint density at radius 3 is 2.50 bits per heavy atom. The van der Waals surface area contributed by atoms with Crippen LogP contribution in [-0.4, -0.2) is 52.1 Å². The van der Waals surface area contributed by atoms with Crippen molar-refractivity contribution in [1.29, 1.82) is 0 Å². The number of rotatable bonds is 8. The topological polar surface area (TPSA) is 76.5 Å². The van der Waals surface area contributed by atoms with E-state index >= 15 is 0 Å². The lowest BCUT2D eigenvalue weighted by Gasteiger charge is -2.25. The number of carbonyl (C=O) groups is 2. The lowest BCUT2D eigenvalue weighted by atomic mass is 10.1. The molecule has 0 spiro atoms. The third-order valence-corrected chi connectivity index (χ3v) is 6.76. The first-order valence-electron chi connectivity index (χ1n) is 12.3. The Morgan fingerprint density at radius 1 is 1.00 bits per heavy atom. The van der Waals surface area contributed by atoms with Gasteiger partial charge in [0.15, 0.2) is 0 Å². The van der Waals surface area contributed by atoms with Gasteiger partial charge in [0.25, 0.3) is 5.91 Å². The maximum absolute atomic E-state index is 13.3. The van der Waals surface area contributed by atoms with Gasteiger partial charge in [0.2, 0.25) is 11.9 Å². The van der Waals surface area contributed by atoms with Crippen LogP contribution in [0.25, 0.3) is 16.9 Å². The molecule has 1 N–H and O–H groups in total. The number of nitrogens with one attached hydrogen (secondary N) is 1. The number of anilines is 1. The van der Waals surface area contributed by atoms with Gasteiger partial charge in [0.05, 0.1) is 11.8 Å². The average molecular weight is 549 g/mol. The summed E-state index contributed by atoms with van der Waals surface area (Å²) in [6.07, 6.45) is 3.52. The van der Waals surface area contributed by atoms with Gasteiger partial charge >= 0.3 is 0 Å². The van der Waals surface area contributed by atoms with E-state index in [-0.39, 0.29) is 24.5 Å². The lowest BCUT2D eigenvalue weighted by molar-refractivity contribution is -0.117. The predicted octanol–water partition coefficient (Wildman–Crippen LogP) is 6.11. The Hall–Kier alpha value is -3.65. The summed E-state index contributed by atoms with van der Waals surface area (Å²) in [5.41, 5.74) is 2.74. The van der Waals surface area contributed by atoms with E-state index in [1.807, 2.05) is 36.5 Å². The van der Waals surface area contributed by atoms with E-state index in [9.17, 15) is 9.59 Å². The highest BCUT2D eigenvalue weighted by molar-refractivity contribution is 6.31. The summed E-state index contributed by atoms with van der Waals surface area (Å²) in [7, 11) is 0. The van der Waals surface area contributed by atoms with Crippen molar-refractivity contribution in [2.24, 2.45) is 0 Å². The Balaban J connectivity index is 1.41. The number of halogens is 2. The zero-order chi connectivity index (χ0) is 26.5. The SMILES string of the molecule is O=C(CN(CC1CCCO1)C(=O)c1ccccc1)Nc1nc(-c2ccc(Cl)cc2)cn1-c1cccc(Cl)c1. The molecule has 5 rings (SSSR count). The van der Waals surface area contributed by atoms with Crippen LogP contribution in [-0.2, 0) is 9.53 Å². The van der Waals surface area contributed by atoms with E-state index in [0.29, 0.717) is 40.4 Å². The van der Waals surface area contributed by atoms with Crippen molar-refractivity contribution in [3.05, 3.63) is 101 Å². The van der Waals surface area contributed by atoms with Crippen molar-refractivity contribution in [1.82, 2.24) is 14.5 Å². The van der Waals surface area contributed by atoms with Gasteiger partial charge in [-0.2, -0.15) is 0 Å². The zero-order valence-electron chi connectivity index (χ0n) is 20.5. The van der Waals surface area contributed by atoms with E-state index in [1.54, 1.807) is 53.1 Å². The number of imidazole rings is 1. The number of aromatic nitrogens is 2. The molecule has 0 radical (unpaired) electrons. The van der Waals surface area contributed by atoms with Crippen LogP contribution in [0.5, 0.6) is 0 Å². The van der Waals surface area contributed by atoms with E-state index in [1.165, 1.54) is 4.90 Å². The van der Waals surface area contributed by atoms with Crippen LogP contribution in [0, 0.1) is 0 Å². The number of amides is 2. The van der Waals surface area contributed by atoms with Gasteiger partial charge in [-0.05, 0) is 55.3 Å². The Morgan fingerprint density at radius 2 is 1.79 bits per heavy atom. The third kappa shape index (κ3) is 6.25. The van der Waals surface area contributed by atoms with Gasteiger partial charge in [-0.25, -0.2) is 4.98 Å². The van der Waals surface area contributed by atoms with E-state index in [4.69, 9.17) is 27.9 Å². The highest BCUT2D eigenvalue weighted by Gasteiger charge is 2.26. The third-order valence-electron chi connectivity index (χ3n) is 6.27. The zero-order valence-corrected chi connectivity index (χ0v) is 22.0. The molecule has 9 heteroatoms. The maximum atomic E-state index is 13.3. The molecular weight excluding hydrogens is 523 g/mol. The summed E-state index contributed by atoms with van der Waals surface area (Å²) in [4.78, 5) is 32.9. The van der Waals surface area contributed by atoms with Gasteiger partial charge in [0, 0.05) is 46.2 Å². The fraction of sp³-hybridized carbons (Fsp3) is 0.207. The lowest BCUT2D eigenvalue weighted by Crippen LogP contribution is -2.42. The van der Waals surface area contributed by atoms with Crippen molar-refractivity contribution in [2.45, 2.75) is 18.9 Å². The smallest absolute Gasteiger partial charge is 0.254 e. The molecule has 2 heterocycles. The van der Waals surface area contributed by atoms with E-state index < -0.39 is 0 Å². The van der Waals surface area contributed by atoms with Crippen molar-refractivity contribution < 1.29 is 14.3 Å². The molecule has 1 atom stereocenters. The van der Waals surface area contributed by atoms with Crippen molar-refractivity contribution in [2.75, 3.05) is 25.0 Å². The van der Waals surface area contributed by atoms with Crippen LogP contribution in [0.4, 0.5) is 5.95 Å². The summed E-state index contributed by atoms with van der Waals surface area (Å²) in [6, 6.07) is 23.5. The fourth-order valence-corrected chi connectivity index (χ4v) is 4.72. The first-order chi connectivity index (χ1) is 18.5. The van der Waals surface area contributed by atoms with Crippen LogP contribution in [0.1, 0.15) is 23.2 Å². The normalized spacial score (nSPS) is 14.8. The second-order valence-corrected chi connectivity index (χ2v) is 9.91. The minimum Gasteiger partial charge on any atom is -0.376 e. The molecule has 0 bridgehead atoms. The Kier molecular flexibility index (Phi) is 8.08. The number of nitrogens with zero attached hydrogens (tertiary/aromatic N) is 3. The Bertz CT molecular complexity index is 1420. The molecule has 1 saturated heterocycles. The second kappa shape index (κ2) is 11.8. The summed E-state index contributed by atoms with van der Waals surface area (Å²) < 4.78 is 7.52. The van der Waals surface area contributed by atoms with Crippen molar-refractivity contribution in [3.63, 3.8) is 0 Å². The number of carbonyl (C=O) groups excluding carboxylic acids is 2. The summed E-state index contributed by atoms with van der Waals surface area (Å²) in [5, 5.41) is 4.07. The molecule has 1 fully saturated rings. The van der Waals surface area contributed by atoms with Crippen LogP contribution in [0.2, 0.25) is 10.0 Å². The van der Waals surface area contributed by atoms with Crippen LogP contribution in [0.3, 0.4) is 0 Å². The molecule has 0 saturated carbocycles. The van der Waals surface area contributed by atoms with Crippen LogP contribution in [0.15, 0.2) is 85.1 Å². The number of benzene rings is 3. The molecule has 1 unspecified atom stereocenters. The van der Waals surface area contributed by atoms with Gasteiger partial charge in [-0.3, -0.25) is 19.5 Å². The number of ether oxygens (including phenoxy) is 1. The summed E-state index contributed by atoms with van der Waals surface area (Å²) >= 11 is 12.3. The van der Waals surface area contributed by atoms with Crippen LogP contribution >= 0.6 is 23.2 Å². The minimum absolute atomic E-state index is 0.0968. The quantitative estimate of drug-likeness (QED) is 0.288. The van der Waals surface area contributed by atoms with Gasteiger partial charge < -0.3 is 9.64 Å². The van der Waals surface area contributed by atoms with Gasteiger partial charge in [-0.1, -0.05) is 59.6 Å². The monoisotopic (exact) mass is 548 g/mol. The number of hydrogen-bond acceptors (Lipinski definition) is 4. The maximum Gasteiger partial charge on any atom is 0.254 e. The van der Waals surface area contributed by atoms with Crippen molar-refractivity contribution >= 4 is 41.0 Å². The van der Waals surface area contributed by atoms with Crippen LogP contribution < -0.4 is 5.32 Å². The molecule has 1 aliphatic rings. The summed E-state index contributed by atoms with van der Waals surface area (Å²) in [5.74, 6) is -0.286. The Labute approximate surface area is 231 Å². The molecular formula is C29H26Cl2N4O3. The number of hydrogen-bond donors (Lipinski definition) is 1. The average Bonchev–Trinajstić information content (AvgIpc) is 3.59. The molecule has 3 aromatic carbocycles. The molecule has 0 aliphatic carbocycles. The fourth-order valence-electron chi connectivity index (χ4n) is 4.41. The first kappa shape index (κ1) is 26.0. The molecule has 38 heavy (non-hydrogen) atoms. The highest BCUT2D eigenvalue weighted by atomic mass is 35.5. The first-order valence-corrected chi connectivity index (χ1v) is 13.1. The van der Waals surface area contributed by atoms with Gasteiger partial charge in [0.1, 0.15) is 6.54 Å². The molecule has 7 nitrogen and oxygen atoms in total. The molecule has 1 aromatic heterocycles. The highest BCUT2D eigenvalue weighted by Crippen LogP contribution is 2.27. The predicted molar refractivity (Wildman–Crippen MR) is 149 cm³/mol. The minimum atomic E-state index is -0.371.